The summed E-state index contributed by atoms with van der Waals surface area (Å²) in [4.78, 5) is 17.2. The van der Waals surface area contributed by atoms with Crippen molar-refractivity contribution in [2.24, 2.45) is 0 Å². The average Bonchev–Trinajstić information content (AvgIpc) is 2.95. The van der Waals surface area contributed by atoms with E-state index in [0.717, 1.165) is 13.1 Å². The largest absolute Gasteiger partial charge is 0.460 e. The molecule has 0 N–H and O–H groups in total. The number of carbonyl (C=O) groups excluding carboxylic acids is 1. The maximum Gasteiger partial charge on any atom is 0.376 e. The summed E-state index contributed by atoms with van der Waals surface area (Å²) in [6, 6.07) is 1.90. The number of carbonyl (C=O) groups is 1. The Bertz CT molecular complexity index is 614. The molecule has 2 aromatic heterocycles. The molecule has 0 aliphatic heterocycles. The molecule has 2 heterocycles. The molecular formula is C13H13Br2NO3S. The van der Waals surface area contributed by atoms with Crippen LogP contribution in [0.25, 0.3) is 10.8 Å². The monoisotopic (exact) mass is 421 g/mol. The third kappa shape index (κ3) is 3.15. The van der Waals surface area contributed by atoms with Crippen LogP contribution < -0.4 is 0 Å². The van der Waals surface area contributed by atoms with E-state index in [1.54, 1.807) is 6.92 Å². The van der Waals surface area contributed by atoms with Crippen LogP contribution in [0.15, 0.2) is 18.7 Å². The van der Waals surface area contributed by atoms with E-state index in [2.05, 4.69) is 36.8 Å². The molecular weight excluding hydrogens is 410 g/mol. The quantitative estimate of drug-likeness (QED) is 0.633. The minimum absolute atomic E-state index is 0.0822. The molecule has 0 radical (unpaired) electrons. The first-order valence-corrected chi connectivity index (χ1v) is 8.47. The highest BCUT2D eigenvalue weighted by molar-refractivity contribution is 9.13. The first-order chi connectivity index (χ1) is 9.43. The lowest BCUT2D eigenvalue weighted by Gasteiger charge is -2.02. The molecule has 4 nitrogen and oxygen atoms in total. The summed E-state index contributed by atoms with van der Waals surface area (Å²) < 4.78 is 12.5. The third-order valence-electron chi connectivity index (χ3n) is 2.52. The first kappa shape index (κ1) is 15.7. The van der Waals surface area contributed by atoms with Crippen LogP contribution in [0.3, 0.4) is 0 Å². The molecule has 0 saturated carbocycles. The Labute approximate surface area is 137 Å². The van der Waals surface area contributed by atoms with E-state index in [1.165, 1.54) is 11.3 Å². The van der Waals surface area contributed by atoms with Crippen molar-refractivity contribution in [3.63, 3.8) is 0 Å². The van der Waals surface area contributed by atoms with Crippen LogP contribution in [0.5, 0.6) is 0 Å². The lowest BCUT2D eigenvalue weighted by atomic mass is 10.1. The summed E-state index contributed by atoms with van der Waals surface area (Å²) in [5.74, 6) is 0.244. The average molecular weight is 423 g/mol. The number of esters is 1. The minimum atomic E-state index is -0.468. The molecule has 108 valence electrons. The standard InChI is InChI=1S/C13H13Br2NO3S/c1-4-18-13(17)10-9(6(2)3)16-12(19-10)8-5-7(14)11(15)20-8/h5-6H,4H2,1-3H3. The van der Waals surface area contributed by atoms with Crippen LogP contribution in [-0.2, 0) is 4.74 Å². The number of aromatic nitrogens is 1. The number of hydrogen-bond acceptors (Lipinski definition) is 5. The summed E-state index contributed by atoms with van der Waals surface area (Å²) in [6.45, 7) is 6.00. The van der Waals surface area contributed by atoms with Crippen LogP contribution >= 0.6 is 43.2 Å². The Morgan fingerprint density at radius 1 is 1.50 bits per heavy atom. The highest BCUT2D eigenvalue weighted by Gasteiger charge is 2.25. The van der Waals surface area contributed by atoms with Crippen molar-refractivity contribution in [3.05, 3.63) is 25.8 Å². The van der Waals surface area contributed by atoms with Crippen LogP contribution in [0.1, 0.15) is 42.9 Å². The Hall–Kier alpha value is -0.660. The van der Waals surface area contributed by atoms with Crippen molar-refractivity contribution in [3.8, 4) is 10.8 Å². The molecule has 0 spiro atoms. The summed E-state index contributed by atoms with van der Waals surface area (Å²) in [5, 5.41) is 0. The van der Waals surface area contributed by atoms with E-state index < -0.39 is 5.97 Å². The molecule has 7 heteroatoms. The molecule has 0 unspecified atom stereocenters. The first-order valence-electron chi connectivity index (χ1n) is 6.07. The van der Waals surface area contributed by atoms with Crippen molar-refractivity contribution in [1.29, 1.82) is 0 Å². The fraction of sp³-hybridized carbons (Fsp3) is 0.385. The third-order valence-corrected chi connectivity index (χ3v) is 5.76. The number of nitrogens with zero attached hydrogens (tertiary/aromatic N) is 1. The van der Waals surface area contributed by atoms with Gasteiger partial charge < -0.3 is 9.15 Å². The molecule has 0 aliphatic rings. The van der Waals surface area contributed by atoms with Gasteiger partial charge in [-0.15, -0.1) is 11.3 Å². The van der Waals surface area contributed by atoms with Gasteiger partial charge in [-0.2, -0.15) is 0 Å². The van der Waals surface area contributed by atoms with Gasteiger partial charge in [-0.3, -0.25) is 0 Å². The van der Waals surface area contributed by atoms with Gasteiger partial charge in [-0.1, -0.05) is 13.8 Å². The predicted octanol–water partition coefficient (Wildman–Crippen LogP) is 5.23. The molecule has 20 heavy (non-hydrogen) atoms. The molecule has 0 aromatic carbocycles. The second-order valence-electron chi connectivity index (χ2n) is 4.34. The number of thiophene rings is 1. The molecule has 0 amide bonds. The highest BCUT2D eigenvalue weighted by atomic mass is 79.9. The highest BCUT2D eigenvalue weighted by Crippen LogP contribution is 2.39. The van der Waals surface area contributed by atoms with E-state index in [4.69, 9.17) is 9.15 Å². The summed E-state index contributed by atoms with van der Waals surface area (Å²) in [7, 11) is 0. The fourth-order valence-corrected chi connectivity index (χ4v) is 3.59. The zero-order chi connectivity index (χ0) is 14.9. The smallest absolute Gasteiger partial charge is 0.376 e. The summed E-state index contributed by atoms with van der Waals surface area (Å²) >= 11 is 8.34. The van der Waals surface area contributed by atoms with Gasteiger partial charge in [-0.05, 0) is 50.8 Å². The lowest BCUT2D eigenvalue weighted by molar-refractivity contribution is 0.0489. The maximum atomic E-state index is 11.9. The molecule has 0 saturated heterocycles. The van der Waals surface area contributed by atoms with E-state index in [-0.39, 0.29) is 11.7 Å². The predicted molar refractivity (Wildman–Crippen MR) is 85.3 cm³/mol. The number of rotatable bonds is 4. The normalized spacial score (nSPS) is 11.1. The fourth-order valence-electron chi connectivity index (χ4n) is 1.62. The van der Waals surface area contributed by atoms with Crippen LogP contribution in [0, 0.1) is 0 Å². The van der Waals surface area contributed by atoms with Crippen molar-refractivity contribution < 1.29 is 13.9 Å². The van der Waals surface area contributed by atoms with Crippen molar-refractivity contribution in [2.75, 3.05) is 6.61 Å². The van der Waals surface area contributed by atoms with Crippen molar-refractivity contribution in [2.45, 2.75) is 26.7 Å². The number of hydrogen-bond donors (Lipinski definition) is 0. The van der Waals surface area contributed by atoms with E-state index in [0.29, 0.717) is 18.2 Å². The van der Waals surface area contributed by atoms with Gasteiger partial charge in [0.1, 0.15) is 0 Å². The Morgan fingerprint density at radius 3 is 2.70 bits per heavy atom. The van der Waals surface area contributed by atoms with Crippen LogP contribution in [0.2, 0.25) is 0 Å². The van der Waals surface area contributed by atoms with Gasteiger partial charge in [-0.25, -0.2) is 9.78 Å². The summed E-state index contributed by atoms with van der Waals surface area (Å²) in [5.41, 5.74) is 0.624. The second-order valence-corrected chi connectivity index (χ2v) is 7.57. The minimum Gasteiger partial charge on any atom is -0.460 e. The van der Waals surface area contributed by atoms with Gasteiger partial charge in [0, 0.05) is 4.47 Å². The maximum absolute atomic E-state index is 11.9. The van der Waals surface area contributed by atoms with Gasteiger partial charge in [0.15, 0.2) is 0 Å². The van der Waals surface area contributed by atoms with Gasteiger partial charge in [0.05, 0.1) is 21.0 Å². The zero-order valence-corrected chi connectivity index (χ0v) is 15.2. The SMILES string of the molecule is CCOC(=O)c1oc(-c2cc(Br)c(Br)s2)nc1C(C)C. The Kier molecular flexibility index (Phi) is 5.04. The van der Waals surface area contributed by atoms with Crippen LogP contribution in [0.4, 0.5) is 0 Å². The molecule has 2 aromatic rings. The Morgan fingerprint density at radius 2 is 2.20 bits per heavy atom. The summed E-state index contributed by atoms with van der Waals surface area (Å²) in [6.07, 6.45) is 0. The zero-order valence-electron chi connectivity index (χ0n) is 11.2. The van der Waals surface area contributed by atoms with Crippen LogP contribution in [-0.4, -0.2) is 17.6 Å². The van der Waals surface area contributed by atoms with E-state index >= 15 is 0 Å². The molecule has 2 rings (SSSR count). The molecule has 0 aliphatic carbocycles. The molecule has 0 fully saturated rings. The second kappa shape index (κ2) is 6.41. The Balaban J connectivity index is 2.46. The molecule has 0 atom stereocenters. The van der Waals surface area contributed by atoms with Gasteiger partial charge >= 0.3 is 5.97 Å². The van der Waals surface area contributed by atoms with E-state index in [1.807, 2.05) is 19.9 Å². The van der Waals surface area contributed by atoms with Gasteiger partial charge in [0.2, 0.25) is 11.7 Å². The van der Waals surface area contributed by atoms with E-state index in [9.17, 15) is 4.79 Å². The topological polar surface area (TPSA) is 52.3 Å². The number of oxazole rings is 1. The lowest BCUT2D eigenvalue weighted by Crippen LogP contribution is -2.07. The molecule has 0 bridgehead atoms. The number of halogens is 2. The van der Waals surface area contributed by atoms with Gasteiger partial charge in [0.25, 0.3) is 0 Å². The van der Waals surface area contributed by atoms with Crippen molar-refractivity contribution >= 4 is 49.2 Å². The van der Waals surface area contributed by atoms with Crippen molar-refractivity contribution in [1.82, 2.24) is 4.98 Å². The number of ether oxygens (including phenoxy) is 1.